The van der Waals surface area contributed by atoms with Crippen LogP contribution in [0.4, 0.5) is 11.5 Å². The first-order chi connectivity index (χ1) is 66.4. The third-order valence-corrected chi connectivity index (χ3v) is 46.8. The summed E-state index contributed by atoms with van der Waals surface area (Å²) in [5, 5.41) is 23.4. The Labute approximate surface area is 883 Å². The van der Waals surface area contributed by atoms with Crippen LogP contribution in [0.2, 0.25) is 20.2 Å². The van der Waals surface area contributed by atoms with E-state index >= 15 is 0 Å². The van der Waals surface area contributed by atoms with Crippen molar-refractivity contribution in [1.29, 1.82) is 0 Å². The molecule has 15 rings (SSSR count). The molecule has 0 atom stereocenters. The van der Waals surface area contributed by atoms with E-state index in [1.807, 2.05) is 53.4 Å². The average molecular weight is 2250 g/mol. The zero-order chi connectivity index (χ0) is 98.6. The van der Waals surface area contributed by atoms with Crippen molar-refractivity contribution >= 4 is 190 Å². The predicted molar refractivity (Wildman–Crippen MR) is 616 cm³/mol. The molecule has 0 bridgehead atoms. The number of carbonyl (C=O) groups excluding carboxylic acids is 1. The summed E-state index contributed by atoms with van der Waals surface area (Å²) < 4.78 is 49.4. The summed E-state index contributed by atoms with van der Waals surface area (Å²) in [5.74, 6) is 2.55. The molecule has 0 aliphatic carbocycles. The minimum atomic E-state index is -2.54. The summed E-state index contributed by atoms with van der Waals surface area (Å²) in [7, 11) is -10.0. The number of hydrogen-bond acceptors (Lipinski definition) is 17. The summed E-state index contributed by atoms with van der Waals surface area (Å²) in [5.41, 5.74) is 11.4. The fourth-order valence-corrected chi connectivity index (χ4v) is 38.4. The zero-order valence-electron chi connectivity index (χ0n) is 82.2. The number of fused-ring (bicyclic) bond motifs is 3. The summed E-state index contributed by atoms with van der Waals surface area (Å²) in [6, 6.07) is 93.7. The van der Waals surface area contributed by atoms with Gasteiger partial charge >= 0.3 is 0 Å². The third-order valence-electron chi connectivity index (χ3n) is 24.9. The van der Waals surface area contributed by atoms with E-state index in [-0.39, 0.29) is 56.5 Å². The fourth-order valence-electron chi connectivity index (χ4n) is 18.7. The number of nitrogen functional groups attached to an aromatic ring is 1. The first kappa shape index (κ1) is 118. The number of aromatic nitrogens is 10. The molecule has 0 spiro atoms. The van der Waals surface area contributed by atoms with Gasteiger partial charge in [-0.05, 0) is 215 Å². The van der Waals surface area contributed by atoms with Crippen LogP contribution in [0.5, 0.6) is 0 Å². The van der Waals surface area contributed by atoms with Crippen molar-refractivity contribution in [3.05, 3.63) is 327 Å². The van der Waals surface area contributed by atoms with E-state index in [2.05, 4.69) is 429 Å². The van der Waals surface area contributed by atoms with Crippen LogP contribution in [0.1, 0.15) is 207 Å². The highest BCUT2D eigenvalue weighted by Gasteiger charge is 2.54. The summed E-state index contributed by atoms with van der Waals surface area (Å²) >= 11 is 13.8. The van der Waals surface area contributed by atoms with Crippen LogP contribution < -0.4 is 52.5 Å². The number of aryl methyl sites for hydroxylation is 3. The number of nitrogens with one attached hydrogen (secondary N) is 1. The smallest absolute Gasteiger partial charge is 0.261 e. The Morgan fingerprint density at radius 3 is 0.930 bits per heavy atom. The second-order valence-corrected chi connectivity index (χ2v) is 59.2. The Morgan fingerprint density at radius 1 is 0.366 bits per heavy atom. The van der Waals surface area contributed by atoms with Crippen molar-refractivity contribution in [1.82, 2.24) is 48.6 Å². The number of anilines is 2. The quantitative estimate of drug-likeness (QED) is 0.0140. The standard InChI is InChI=1S/C31H40BrN3O3Si.C27H32BrN3O2Si.C27H30BrN3O2Si.C25H32BrN3OSi.4CH4/c1-6-36-30(37-7-2)29-34-27-22-24(32)23-33-28(27)35(29)20-14-15-21-38-39(31(3,4)5,25-16-10-8-11-17-25)26-18-12-9-13-19-26;2*1-27(2,3)34(22-12-6-4-7-13-22,23-14-8-5-9-15-23)33-17-11-10-16-31-25(20-32)30-24-18-21(28)19-29-26(24)31;1-25(2,3)31(21-12-6-4-7-13-21,22-14-8-5-9-15-22)30-17-11-10-16-28-24-23(27)18-20(26)19-29-24;;;;/h8-13,16-19,22-23,30H,6-7,14-15,20-21H2,1-5H3;4-9,12-15,18-19,32H,10-11,16-17,20H2,1-3H3;4-9,12-15,18-20H,10-11,16-17H2,1-3H3;4-9,12-15,18-19H,10-11,16-17,27H2,1-3H3,(H,28,29);4*1H4. The van der Waals surface area contributed by atoms with Gasteiger partial charge in [-0.15, -0.1) is 0 Å². The number of ether oxygens (including phenoxy) is 2. The Bertz CT molecular complexity index is 6120. The van der Waals surface area contributed by atoms with Gasteiger partial charge in [0, 0.05) is 108 Å². The van der Waals surface area contributed by atoms with Gasteiger partial charge in [-0.3, -0.25) is 4.79 Å². The van der Waals surface area contributed by atoms with Crippen LogP contribution in [0, 0.1) is 0 Å². The number of aliphatic hydroxyl groups excluding tert-OH is 1. The van der Waals surface area contributed by atoms with E-state index in [1.165, 1.54) is 41.5 Å². The molecule has 142 heavy (non-hydrogen) atoms. The maximum Gasteiger partial charge on any atom is 0.261 e. The Morgan fingerprint density at radius 2 is 0.634 bits per heavy atom. The van der Waals surface area contributed by atoms with Crippen molar-refractivity contribution in [3.8, 4) is 0 Å². The number of imidazole rings is 3. The molecule has 7 heterocycles. The molecule has 0 aliphatic rings. The molecule has 0 saturated carbocycles. The van der Waals surface area contributed by atoms with Gasteiger partial charge in [-0.2, -0.15) is 0 Å². The molecule has 0 amide bonds. The predicted octanol–water partition coefficient (Wildman–Crippen LogP) is 24.8. The van der Waals surface area contributed by atoms with E-state index in [9.17, 15) is 9.90 Å². The molecule has 7 aromatic heterocycles. The normalized spacial score (nSPS) is 11.9. The highest BCUT2D eigenvalue weighted by molar-refractivity contribution is 9.11. The number of pyridine rings is 4. The Kier molecular flexibility index (Phi) is 45.8. The highest BCUT2D eigenvalue weighted by Crippen LogP contribution is 2.42. The van der Waals surface area contributed by atoms with Crippen molar-refractivity contribution in [3.63, 3.8) is 0 Å². The second-order valence-electron chi connectivity index (χ2n) is 38.3. The van der Waals surface area contributed by atoms with Gasteiger partial charge in [-0.25, -0.2) is 34.9 Å². The zero-order valence-corrected chi connectivity index (χ0v) is 92.5. The number of rotatable bonds is 40. The van der Waals surface area contributed by atoms with Gasteiger partial charge in [0.05, 0.1) is 5.69 Å². The number of nitrogens with zero attached hydrogens (tertiary/aromatic N) is 10. The molecule has 0 aliphatic heterocycles. The van der Waals surface area contributed by atoms with E-state index in [4.69, 9.17) is 37.9 Å². The number of hydrogen-bond donors (Lipinski definition) is 3. The largest absolute Gasteiger partial charge is 0.407 e. The van der Waals surface area contributed by atoms with Crippen molar-refractivity contribution < 1.29 is 37.1 Å². The number of benzene rings is 8. The molecular weight excluding hydrogens is 2100 g/mol. The van der Waals surface area contributed by atoms with E-state index in [0.717, 1.165) is 147 Å². The molecule has 758 valence electrons. The van der Waals surface area contributed by atoms with E-state index in [1.54, 1.807) is 18.6 Å². The molecule has 20 nitrogen and oxygen atoms in total. The molecular formula is C114H150Br4N12O8Si4. The first-order valence-corrected chi connectivity index (χ1v) is 58.7. The van der Waals surface area contributed by atoms with Crippen LogP contribution in [0.15, 0.2) is 310 Å². The Balaban J connectivity index is 0.000000230. The van der Waals surface area contributed by atoms with Gasteiger partial charge in [0.15, 0.2) is 34.9 Å². The molecule has 0 fully saturated rings. The number of aldehydes is 1. The number of nitrogens with two attached hydrogens (primary N) is 1. The third kappa shape index (κ3) is 28.4. The lowest BCUT2D eigenvalue weighted by Crippen LogP contribution is -2.66. The van der Waals surface area contributed by atoms with Gasteiger partial charge < -0.3 is 57.0 Å². The molecule has 4 N–H and O–H groups in total. The van der Waals surface area contributed by atoms with Gasteiger partial charge in [0.25, 0.3) is 33.3 Å². The minimum absolute atomic E-state index is 0. The van der Waals surface area contributed by atoms with Gasteiger partial charge in [0.1, 0.15) is 34.8 Å². The molecule has 0 unspecified atom stereocenters. The lowest BCUT2D eigenvalue weighted by molar-refractivity contribution is -0.146. The van der Waals surface area contributed by atoms with E-state index < -0.39 is 39.6 Å². The molecule has 0 radical (unpaired) electrons. The average Bonchev–Trinajstić information content (AvgIpc) is 1.65. The minimum Gasteiger partial charge on any atom is -0.407 e. The molecule has 0 saturated heterocycles. The van der Waals surface area contributed by atoms with Crippen molar-refractivity contribution in [2.75, 3.05) is 57.2 Å². The van der Waals surface area contributed by atoms with Crippen LogP contribution >= 0.6 is 63.7 Å². The number of halogens is 4. The van der Waals surface area contributed by atoms with Crippen molar-refractivity contribution in [2.24, 2.45) is 0 Å². The van der Waals surface area contributed by atoms with Crippen LogP contribution in [-0.2, 0) is 53.4 Å². The number of carbonyl (C=O) groups is 1. The number of unbranched alkanes of at least 4 members (excludes halogenated alkanes) is 4. The summed E-state index contributed by atoms with van der Waals surface area (Å²) in [4.78, 5) is 43.4. The second kappa shape index (κ2) is 55.2. The Hall–Kier alpha value is -9.45. The SMILES string of the molecule is C.C.C.C.CC(C)(C)[Si](OCCCCNc1ncc(Br)cc1N)(c1ccccc1)c1ccccc1.CC(C)(C)[Si](OCCCCn1c(C=O)nc2cc(Br)cnc21)(c1ccccc1)c1ccccc1.CC(C)(C)[Si](OCCCCn1c(CO)nc2cc(Br)cnc21)(c1ccccc1)c1ccccc1.CCOC(OCC)c1nc2cc(Br)cnc2n1CCCCO[Si](c1ccccc1)(c1ccccc1)C(C)(C)C. The summed E-state index contributed by atoms with van der Waals surface area (Å²) in [6.45, 7) is 38.2. The fraction of sp³-hybridized carbons (Fsp3) is 0.368. The lowest BCUT2D eigenvalue weighted by Gasteiger charge is -2.43. The van der Waals surface area contributed by atoms with Crippen LogP contribution in [-0.4, -0.2) is 139 Å². The molecule has 15 aromatic rings. The molecule has 8 aromatic carbocycles. The van der Waals surface area contributed by atoms with E-state index in [0.29, 0.717) is 56.9 Å². The lowest BCUT2D eigenvalue weighted by atomic mass is 10.2. The number of aliphatic hydroxyl groups is 1. The van der Waals surface area contributed by atoms with Gasteiger partial charge in [-0.1, -0.05) is 355 Å². The van der Waals surface area contributed by atoms with Gasteiger partial charge in [0.2, 0.25) is 6.29 Å². The van der Waals surface area contributed by atoms with Crippen LogP contribution in [0.3, 0.4) is 0 Å². The van der Waals surface area contributed by atoms with Crippen molar-refractivity contribution in [2.45, 2.75) is 231 Å². The van der Waals surface area contributed by atoms with Crippen LogP contribution in [0.25, 0.3) is 33.5 Å². The monoisotopic (exact) mass is 2240 g/mol. The summed E-state index contributed by atoms with van der Waals surface area (Å²) in [6.07, 6.45) is 14.7. The molecule has 28 heteroatoms. The highest BCUT2D eigenvalue weighted by atomic mass is 79.9. The first-order valence-electron chi connectivity index (χ1n) is 47.9. The maximum absolute atomic E-state index is 11.6. The maximum atomic E-state index is 11.6. The topological polar surface area (TPSA) is 236 Å².